The number of aromatic nitrogens is 4. The highest BCUT2D eigenvalue weighted by molar-refractivity contribution is 6.33. The molecule has 2 aromatic carbocycles. The van der Waals surface area contributed by atoms with Crippen molar-refractivity contribution in [3.05, 3.63) is 63.9 Å². The fraction of sp³-hybridized carbons (Fsp3) is 0.0714. The normalized spacial score (nSPS) is 10.8. The van der Waals surface area contributed by atoms with E-state index in [2.05, 4.69) is 15.4 Å². The summed E-state index contributed by atoms with van der Waals surface area (Å²) in [5, 5.41) is 12.9. The lowest BCUT2D eigenvalue weighted by Gasteiger charge is -2.04. The lowest BCUT2D eigenvalue weighted by atomic mass is 10.2. The van der Waals surface area contributed by atoms with Crippen LogP contribution in [0.15, 0.2) is 42.5 Å². The van der Waals surface area contributed by atoms with Crippen LogP contribution in [-0.2, 0) is 6.54 Å². The molecular formula is C14H9Cl2FN4. The maximum absolute atomic E-state index is 13.7. The Hall–Kier alpha value is -1.98. The molecule has 0 saturated heterocycles. The van der Waals surface area contributed by atoms with Crippen molar-refractivity contribution < 1.29 is 4.39 Å². The zero-order chi connectivity index (χ0) is 14.8. The molecule has 0 aliphatic carbocycles. The van der Waals surface area contributed by atoms with Gasteiger partial charge in [-0.15, -0.1) is 10.2 Å². The van der Waals surface area contributed by atoms with Crippen LogP contribution in [0.5, 0.6) is 0 Å². The van der Waals surface area contributed by atoms with Gasteiger partial charge in [-0.25, -0.2) is 4.39 Å². The minimum absolute atomic E-state index is 0.100. The lowest BCUT2D eigenvalue weighted by Crippen LogP contribution is -2.06. The second-order valence-electron chi connectivity index (χ2n) is 4.32. The van der Waals surface area contributed by atoms with Crippen LogP contribution in [-0.4, -0.2) is 20.2 Å². The monoisotopic (exact) mass is 322 g/mol. The summed E-state index contributed by atoms with van der Waals surface area (Å²) in [5.74, 6) is -0.0212. The van der Waals surface area contributed by atoms with Crippen LogP contribution in [0.4, 0.5) is 4.39 Å². The molecule has 0 unspecified atom stereocenters. The Balaban J connectivity index is 1.91. The van der Waals surface area contributed by atoms with Gasteiger partial charge in [0.05, 0.1) is 11.6 Å². The van der Waals surface area contributed by atoms with Crippen LogP contribution in [0.25, 0.3) is 11.4 Å². The molecule has 0 fully saturated rings. The first-order valence-electron chi connectivity index (χ1n) is 6.11. The number of nitrogens with zero attached hydrogens (tertiary/aromatic N) is 4. The average Bonchev–Trinajstić information content (AvgIpc) is 2.92. The first-order chi connectivity index (χ1) is 10.1. The topological polar surface area (TPSA) is 43.6 Å². The molecule has 0 spiro atoms. The Morgan fingerprint density at radius 1 is 1.00 bits per heavy atom. The summed E-state index contributed by atoms with van der Waals surface area (Å²) < 4.78 is 13.7. The number of halogens is 3. The van der Waals surface area contributed by atoms with E-state index in [0.29, 0.717) is 27.0 Å². The van der Waals surface area contributed by atoms with Crippen molar-refractivity contribution in [2.75, 3.05) is 0 Å². The molecule has 0 aliphatic rings. The van der Waals surface area contributed by atoms with Crippen LogP contribution in [0.1, 0.15) is 5.56 Å². The highest BCUT2D eigenvalue weighted by Gasteiger charge is 2.12. The van der Waals surface area contributed by atoms with E-state index in [1.54, 1.807) is 24.3 Å². The van der Waals surface area contributed by atoms with Gasteiger partial charge in [-0.2, -0.15) is 4.80 Å². The summed E-state index contributed by atoms with van der Waals surface area (Å²) in [6.45, 7) is 0.100. The minimum Gasteiger partial charge on any atom is -0.207 e. The smallest absolute Gasteiger partial charge is 0.206 e. The largest absolute Gasteiger partial charge is 0.207 e. The van der Waals surface area contributed by atoms with E-state index in [0.717, 1.165) is 0 Å². The van der Waals surface area contributed by atoms with Crippen LogP contribution >= 0.6 is 23.2 Å². The molecule has 0 aliphatic heterocycles. The van der Waals surface area contributed by atoms with Crippen molar-refractivity contribution in [2.45, 2.75) is 6.54 Å². The summed E-state index contributed by atoms with van der Waals surface area (Å²) in [5.41, 5.74) is 0.993. The summed E-state index contributed by atoms with van der Waals surface area (Å²) in [6, 6.07) is 11.7. The molecule has 0 radical (unpaired) electrons. The van der Waals surface area contributed by atoms with Crippen molar-refractivity contribution in [1.82, 2.24) is 20.2 Å². The predicted octanol–water partition coefficient (Wildman–Crippen LogP) is 3.83. The summed E-state index contributed by atoms with van der Waals surface area (Å²) >= 11 is 12.1. The van der Waals surface area contributed by atoms with E-state index >= 15 is 0 Å². The molecule has 0 amide bonds. The third-order valence-electron chi connectivity index (χ3n) is 2.93. The Morgan fingerprint density at radius 2 is 1.76 bits per heavy atom. The molecule has 21 heavy (non-hydrogen) atoms. The first kappa shape index (κ1) is 14.0. The van der Waals surface area contributed by atoms with Crippen molar-refractivity contribution >= 4 is 23.2 Å². The summed E-state index contributed by atoms with van der Waals surface area (Å²) in [6.07, 6.45) is 0. The van der Waals surface area contributed by atoms with E-state index in [1.165, 1.54) is 10.9 Å². The molecule has 0 bridgehead atoms. The fourth-order valence-electron chi connectivity index (χ4n) is 1.89. The number of rotatable bonds is 3. The van der Waals surface area contributed by atoms with Crippen molar-refractivity contribution in [2.24, 2.45) is 0 Å². The maximum Gasteiger partial charge on any atom is 0.206 e. The highest BCUT2D eigenvalue weighted by atomic mass is 35.5. The summed E-state index contributed by atoms with van der Waals surface area (Å²) in [7, 11) is 0. The molecule has 1 aromatic heterocycles. The van der Waals surface area contributed by atoms with Crippen LogP contribution in [0, 0.1) is 5.82 Å². The van der Waals surface area contributed by atoms with E-state index in [1.807, 2.05) is 12.1 Å². The van der Waals surface area contributed by atoms with Gasteiger partial charge in [-0.3, -0.25) is 0 Å². The van der Waals surface area contributed by atoms with Gasteiger partial charge < -0.3 is 0 Å². The highest BCUT2D eigenvalue weighted by Crippen LogP contribution is 2.24. The number of tetrazole rings is 1. The molecule has 7 heteroatoms. The SMILES string of the molecule is Fc1cccc(Cl)c1Cn1nnc(-c2ccccc2Cl)n1. The van der Waals surface area contributed by atoms with Gasteiger partial charge in [0.25, 0.3) is 0 Å². The Bertz CT molecular complexity index is 768. The third-order valence-corrected chi connectivity index (χ3v) is 3.61. The maximum atomic E-state index is 13.7. The molecule has 0 saturated carbocycles. The van der Waals surface area contributed by atoms with Crippen molar-refractivity contribution in [1.29, 1.82) is 0 Å². The molecule has 1 heterocycles. The number of benzene rings is 2. The van der Waals surface area contributed by atoms with E-state index in [-0.39, 0.29) is 6.54 Å². The number of hydrogen-bond donors (Lipinski definition) is 0. The molecule has 0 atom stereocenters. The Kier molecular flexibility index (Phi) is 3.86. The van der Waals surface area contributed by atoms with E-state index in [4.69, 9.17) is 23.2 Å². The Morgan fingerprint density at radius 3 is 2.52 bits per heavy atom. The van der Waals surface area contributed by atoms with Gasteiger partial charge >= 0.3 is 0 Å². The average molecular weight is 323 g/mol. The number of hydrogen-bond acceptors (Lipinski definition) is 3. The second kappa shape index (κ2) is 5.79. The fourth-order valence-corrected chi connectivity index (χ4v) is 2.33. The molecule has 106 valence electrons. The van der Waals surface area contributed by atoms with Crippen molar-refractivity contribution in [3.63, 3.8) is 0 Å². The minimum atomic E-state index is -0.404. The van der Waals surface area contributed by atoms with Crippen LogP contribution < -0.4 is 0 Å². The zero-order valence-electron chi connectivity index (χ0n) is 10.7. The van der Waals surface area contributed by atoms with E-state index in [9.17, 15) is 4.39 Å². The van der Waals surface area contributed by atoms with Gasteiger partial charge in [-0.05, 0) is 29.5 Å². The van der Waals surface area contributed by atoms with Gasteiger partial charge in [0.2, 0.25) is 5.82 Å². The Labute approximate surface area is 130 Å². The van der Waals surface area contributed by atoms with Gasteiger partial charge in [0, 0.05) is 16.1 Å². The molecule has 3 rings (SSSR count). The van der Waals surface area contributed by atoms with Crippen molar-refractivity contribution in [3.8, 4) is 11.4 Å². The third kappa shape index (κ3) is 2.89. The quantitative estimate of drug-likeness (QED) is 0.736. The molecule has 4 nitrogen and oxygen atoms in total. The lowest BCUT2D eigenvalue weighted by molar-refractivity contribution is 0.539. The molecule has 3 aromatic rings. The van der Waals surface area contributed by atoms with Crippen LogP contribution in [0.2, 0.25) is 10.0 Å². The van der Waals surface area contributed by atoms with Gasteiger partial charge in [-0.1, -0.05) is 41.4 Å². The van der Waals surface area contributed by atoms with Gasteiger partial charge in [0.1, 0.15) is 5.82 Å². The standard InChI is InChI=1S/C14H9Cl2FN4/c15-11-5-2-1-4-9(11)14-18-20-21(19-14)8-10-12(16)6-3-7-13(10)17/h1-7H,8H2. The zero-order valence-corrected chi connectivity index (χ0v) is 12.2. The van der Waals surface area contributed by atoms with E-state index < -0.39 is 5.82 Å². The molecule has 0 N–H and O–H groups in total. The van der Waals surface area contributed by atoms with Gasteiger partial charge in [0.15, 0.2) is 0 Å². The molecular weight excluding hydrogens is 314 g/mol. The first-order valence-corrected chi connectivity index (χ1v) is 6.86. The predicted molar refractivity (Wildman–Crippen MR) is 78.8 cm³/mol. The second-order valence-corrected chi connectivity index (χ2v) is 5.14. The summed E-state index contributed by atoms with van der Waals surface area (Å²) in [4.78, 5) is 1.28. The van der Waals surface area contributed by atoms with Crippen LogP contribution in [0.3, 0.4) is 0 Å².